The maximum atomic E-state index is 15.4. The topological polar surface area (TPSA) is 47.6 Å². The highest BCUT2D eigenvalue weighted by Crippen LogP contribution is 2.57. The van der Waals surface area contributed by atoms with Crippen molar-refractivity contribution < 1.29 is 87.8 Å². The van der Waals surface area contributed by atoms with Gasteiger partial charge in [-0.25, -0.2) is 87.8 Å². The molecule has 7 aromatic rings. The van der Waals surface area contributed by atoms with E-state index in [1.165, 1.54) is 22.3 Å². The normalized spacial score (nSPS) is 11.5. The monoisotopic (exact) mass is 1120 g/mol. The van der Waals surface area contributed by atoms with Crippen LogP contribution in [-0.2, 0) is 0 Å². The summed E-state index contributed by atoms with van der Waals surface area (Å²) in [5.74, 6) is -71.4. The van der Waals surface area contributed by atoms with Crippen LogP contribution in [0.4, 0.5) is 87.8 Å². The largest absolute Gasteiger partial charge is 0.207 e. The number of benzene rings is 7. The molecule has 24 heteroatoms. The van der Waals surface area contributed by atoms with Crippen molar-refractivity contribution in [1.29, 1.82) is 10.5 Å². The molecule has 0 saturated carbocycles. The molecule has 2 nitrogen and oxygen atoms in total. The van der Waals surface area contributed by atoms with Gasteiger partial charge in [-0.05, 0) is 54.8 Å². The summed E-state index contributed by atoms with van der Waals surface area (Å²) >= 11 is 0. The first-order valence-electron chi connectivity index (χ1n) is 22.3. The van der Waals surface area contributed by atoms with Crippen LogP contribution in [-0.4, -0.2) is 12.3 Å². The van der Waals surface area contributed by atoms with Crippen LogP contribution < -0.4 is 37.8 Å². The van der Waals surface area contributed by atoms with Crippen molar-refractivity contribution in [2.45, 2.75) is 39.0 Å². The zero-order valence-electron chi connectivity index (χ0n) is 38.9. The molecule has 0 aliphatic rings. The van der Waals surface area contributed by atoms with Crippen LogP contribution in [0, 0.1) is 139 Å². The van der Waals surface area contributed by atoms with Gasteiger partial charge in [-0.2, -0.15) is 10.5 Å². The minimum Gasteiger partial charge on any atom is -0.207 e. The van der Waals surface area contributed by atoms with Gasteiger partial charge in [-0.1, -0.05) is 80.8 Å². The number of halogens is 20. The number of allylic oxidation sites excluding steroid dienone is 2. The Labute approximate surface area is 424 Å². The molecule has 0 N–H and O–H groups in total. The van der Waals surface area contributed by atoms with E-state index in [0.29, 0.717) is 6.16 Å². The van der Waals surface area contributed by atoms with Crippen LogP contribution in [0.15, 0.2) is 102 Å². The lowest BCUT2D eigenvalue weighted by Crippen LogP contribution is -2.81. The lowest BCUT2D eigenvalue weighted by molar-refractivity contribution is 0.378. The van der Waals surface area contributed by atoms with E-state index < -0.39 is 152 Å². The van der Waals surface area contributed by atoms with Crippen molar-refractivity contribution in [3.8, 4) is 12.1 Å². The van der Waals surface area contributed by atoms with Crippen molar-refractivity contribution in [3.05, 3.63) is 218 Å². The molecular weight excluding hydrogens is 1090 g/mol. The smallest absolute Gasteiger partial charge is 0.200 e. The molecule has 0 aliphatic heterocycles. The van der Waals surface area contributed by atoms with Gasteiger partial charge < -0.3 is 0 Å². The van der Waals surface area contributed by atoms with Crippen LogP contribution in [0.25, 0.3) is 0 Å². The molecule has 0 radical (unpaired) electrons. The van der Waals surface area contributed by atoms with Crippen LogP contribution in [0.2, 0.25) is 0 Å². The summed E-state index contributed by atoms with van der Waals surface area (Å²) in [7, 11) is -2.11. The average molecular weight is 1120 g/mol. The molecule has 7 rings (SSSR count). The van der Waals surface area contributed by atoms with Gasteiger partial charge in [-0.3, -0.25) is 0 Å². The molecule has 400 valence electrons. The third-order valence-corrected chi connectivity index (χ3v) is 17.0. The van der Waals surface area contributed by atoms with Crippen molar-refractivity contribution in [3.63, 3.8) is 0 Å². The fourth-order valence-corrected chi connectivity index (χ4v) is 13.5. The molecule has 0 fully saturated rings. The van der Waals surface area contributed by atoms with E-state index in [1.807, 2.05) is 18.2 Å². The standard InChI is InChI=1S/C29H30N2P.C24BF20/c1-2-3-4-8-15-25(26(22-30)23-31)24-32(27-16-9-5-10-17-27,28-18-11-6-12-19-28)29-20-13-7-14-21-29;26-5-1(6(27)14(35)21(42)13(5)34)25(2-7(28)15(36)22(43)16(37)8(2)29,3-9(30)17(38)23(44)18(39)10(3)31)4-11(32)19(40)24(45)20(41)12(4)33/h5-7,9-14,16-21H,2-4,8,15,24H2,1H3;/q+1;-1. The van der Waals surface area contributed by atoms with E-state index in [0.717, 1.165) is 31.3 Å². The number of rotatable bonds is 14. The number of hydrogen-bond acceptors (Lipinski definition) is 2. The predicted molar refractivity (Wildman–Crippen MR) is 246 cm³/mol. The minimum absolute atomic E-state index is 0.286. The van der Waals surface area contributed by atoms with Gasteiger partial charge in [0, 0.05) is 0 Å². The Balaban J connectivity index is 0.000000264. The first-order chi connectivity index (χ1) is 36.5. The van der Waals surface area contributed by atoms with E-state index in [2.05, 4.69) is 91.9 Å². The Bertz CT molecular complexity index is 3020. The average Bonchev–Trinajstić information content (AvgIpc) is 3.62. The molecule has 0 heterocycles. The third-order valence-electron chi connectivity index (χ3n) is 12.6. The molecule has 0 atom stereocenters. The lowest BCUT2D eigenvalue weighted by atomic mass is 9.12. The zero-order chi connectivity index (χ0) is 57.0. The highest BCUT2D eigenvalue weighted by molar-refractivity contribution is 7.95. The highest BCUT2D eigenvalue weighted by Gasteiger charge is 2.53. The fourth-order valence-electron chi connectivity index (χ4n) is 9.16. The van der Waals surface area contributed by atoms with E-state index in [4.69, 9.17) is 0 Å². The Morgan fingerprint density at radius 2 is 0.584 bits per heavy atom. The molecule has 0 unspecified atom stereocenters. The lowest BCUT2D eigenvalue weighted by Gasteiger charge is -2.44. The van der Waals surface area contributed by atoms with Crippen molar-refractivity contribution in [2.75, 3.05) is 6.16 Å². The van der Waals surface area contributed by atoms with Crippen LogP contribution in [0.5, 0.6) is 0 Å². The predicted octanol–water partition coefficient (Wildman–Crippen LogP) is 12.1. The second-order valence-electron chi connectivity index (χ2n) is 16.8. The number of nitrogens with zero attached hydrogens (tertiary/aromatic N) is 2. The molecule has 0 aliphatic carbocycles. The molecule has 0 spiro atoms. The minimum atomic E-state index is -7.22. The van der Waals surface area contributed by atoms with Crippen molar-refractivity contribution >= 4 is 51.2 Å². The quantitative estimate of drug-likeness (QED) is 0.0207. The number of nitriles is 2. The van der Waals surface area contributed by atoms with Gasteiger partial charge in [0.25, 0.3) is 0 Å². The molecule has 77 heavy (non-hydrogen) atoms. The third kappa shape index (κ3) is 10.0. The second kappa shape index (κ2) is 23.7. The van der Waals surface area contributed by atoms with Crippen LogP contribution in [0.3, 0.4) is 0 Å². The number of unbranched alkanes of at least 4 members (excludes halogenated alkanes) is 3. The molecule has 0 amide bonds. The van der Waals surface area contributed by atoms with Gasteiger partial charge in [-0.15, -0.1) is 21.9 Å². The van der Waals surface area contributed by atoms with E-state index in [1.54, 1.807) is 0 Å². The highest BCUT2D eigenvalue weighted by atomic mass is 31.2. The van der Waals surface area contributed by atoms with Crippen molar-refractivity contribution in [1.82, 2.24) is 0 Å². The van der Waals surface area contributed by atoms with Gasteiger partial charge in [0.1, 0.15) is 93.6 Å². The van der Waals surface area contributed by atoms with E-state index in [-0.39, 0.29) is 5.57 Å². The zero-order valence-corrected chi connectivity index (χ0v) is 39.8. The summed E-state index contributed by atoms with van der Waals surface area (Å²) in [5, 5.41) is 23.4. The van der Waals surface area contributed by atoms with Gasteiger partial charge in [0.15, 0.2) is 69.8 Å². The molecule has 0 bridgehead atoms. The summed E-state index contributed by atoms with van der Waals surface area (Å²) < 4.78 is 294. The fraction of sp³-hybridized carbons (Fsp3) is 0.132. The molecule has 0 aromatic heterocycles. The Kier molecular flexibility index (Phi) is 18.1. The summed E-state index contributed by atoms with van der Waals surface area (Å²) in [6.07, 6.45) is -1.23. The molecule has 0 saturated heterocycles. The molecular formula is C53H30BF20N2P. The SMILES string of the molecule is CCCCCCC(C[P+](c1ccccc1)(c1ccccc1)c1ccccc1)=C(C#N)C#N.Fc1c(F)c(F)c([B-](c2c(F)c(F)c(F)c(F)c2F)(c2c(F)c(F)c(F)c(F)c2F)c2c(F)c(F)c(F)c(F)c2F)c(F)c1F. The summed E-state index contributed by atoms with van der Waals surface area (Å²) in [6, 6.07) is 36.4. The van der Waals surface area contributed by atoms with Crippen LogP contribution in [0.1, 0.15) is 39.0 Å². The second-order valence-corrected chi connectivity index (χ2v) is 20.3. The van der Waals surface area contributed by atoms with Crippen molar-refractivity contribution in [2.24, 2.45) is 0 Å². The first-order valence-corrected chi connectivity index (χ1v) is 24.2. The summed E-state index contributed by atoms with van der Waals surface area (Å²) in [6.45, 7) is 2.20. The maximum Gasteiger partial charge on any atom is 0.200 e. The van der Waals surface area contributed by atoms with E-state index >= 15 is 35.1 Å². The Morgan fingerprint density at radius 1 is 0.351 bits per heavy atom. The van der Waals surface area contributed by atoms with E-state index in [9.17, 15) is 63.2 Å². The Morgan fingerprint density at radius 3 is 0.805 bits per heavy atom. The summed E-state index contributed by atoms with van der Waals surface area (Å²) in [4.78, 5) is 0. The van der Waals surface area contributed by atoms with Crippen LogP contribution >= 0.6 is 7.26 Å². The molecule has 7 aromatic carbocycles. The van der Waals surface area contributed by atoms with Gasteiger partial charge in [0.05, 0.1) is 6.16 Å². The van der Waals surface area contributed by atoms with Gasteiger partial charge >= 0.3 is 0 Å². The first kappa shape index (κ1) is 58.6. The summed E-state index contributed by atoms with van der Waals surface area (Å²) in [5.41, 5.74) is -13.0. The maximum absolute atomic E-state index is 15.4. The number of hydrogen-bond donors (Lipinski definition) is 0. The Hall–Kier alpha value is -7.65. The van der Waals surface area contributed by atoms with Gasteiger partial charge in [0.2, 0.25) is 0 Å².